The summed E-state index contributed by atoms with van der Waals surface area (Å²) >= 11 is 0. The summed E-state index contributed by atoms with van der Waals surface area (Å²) in [5.74, 6) is 0.0641. The zero-order valence-corrected chi connectivity index (χ0v) is 12.7. The van der Waals surface area contributed by atoms with Gasteiger partial charge in [-0.25, -0.2) is 0 Å². The van der Waals surface area contributed by atoms with Gasteiger partial charge in [0.2, 0.25) is 0 Å². The topological polar surface area (TPSA) is 40.5 Å². The summed E-state index contributed by atoms with van der Waals surface area (Å²) in [6, 6.07) is 8.15. The van der Waals surface area contributed by atoms with E-state index < -0.39 is 0 Å². The van der Waals surface area contributed by atoms with Crippen LogP contribution in [0.25, 0.3) is 0 Å². The van der Waals surface area contributed by atoms with Crippen LogP contribution in [0.3, 0.4) is 0 Å². The average molecular weight is 275 g/mol. The molecular weight excluding hydrogens is 250 g/mol. The summed E-state index contributed by atoms with van der Waals surface area (Å²) in [4.78, 5) is 14.7. The number of hydrogen-bond donors (Lipinski definition) is 1. The van der Waals surface area contributed by atoms with E-state index in [1.165, 1.54) is 6.42 Å². The molecule has 0 radical (unpaired) electrons. The standard InChI is InChI=1S/C17H25NO2/c1-17(2,3)15-10-5-4-9-14(15)16(20)18(11-12-19)13-7-6-8-13/h4-5,9-10,13,19H,6-8,11-12H2,1-3H3. The molecule has 0 aliphatic heterocycles. The van der Waals surface area contributed by atoms with Crippen molar-refractivity contribution in [3.05, 3.63) is 35.4 Å². The number of rotatable bonds is 4. The van der Waals surface area contributed by atoms with E-state index in [4.69, 9.17) is 0 Å². The smallest absolute Gasteiger partial charge is 0.254 e. The van der Waals surface area contributed by atoms with Gasteiger partial charge in [-0.3, -0.25) is 4.79 Å². The molecule has 0 atom stereocenters. The lowest BCUT2D eigenvalue weighted by Crippen LogP contribution is -2.46. The molecule has 0 aromatic heterocycles. The molecule has 3 nitrogen and oxygen atoms in total. The van der Waals surface area contributed by atoms with E-state index >= 15 is 0 Å². The summed E-state index contributed by atoms with van der Waals surface area (Å²) in [6.07, 6.45) is 3.30. The second kappa shape index (κ2) is 5.96. The highest BCUT2D eigenvalue weighted by Crippen LogP contribution is 2.30. The molecule has 1 N–H and O–H groups in total. The van der Waals surface area contributed by atoms with E-state index in [0.29, 0.717) is 12.6 Å². The van der Waals surface area contributed by atoms with Crippen molar-refractivity contribution >= 4 is 5.91 Å². The average Bonchev–Trinajstić information content (AvgIpc) is 2.34. The van der Waals surface area contributed by atoms with Crippen molar-refractivity contribution in [3.63, 3.8) is 0 Å². The molecule has 1 amide bonds. The van der Waals surface area contributed by atoms with Gasteiger partial charge >= 0.3 is 0 Å². The van der Waals surface area contributed by atoms with Crippen molar-refractivity contribution in [2.75, 3.05) is 13.2 Å². The molecule has 1 aromatic rings. The molecular formula is C17H25NO2. The zero-order chi connectivity index (χ0) is 14.8. The van der Waals surface area contributed by atoms with Crippen molar-refractivity contribution in [2.24, 2.45) is 0 Å². The minimum absolute atomic E-state index is 0.0277. The Morgan fingerprint density at radius 1 is 1.30 bits per heavy atom. The molecule has 2 rings (SSSR count). The third-order valence-electron chi connectivity index (χ3n) is 4.08. The first-order valence-corrected chi connectivity index (χ1v) is 7.46. The lowest BCUT2D eigenvalue weighted by Gasteiger charge is -2.38. The number of aliphatic hydroxyl groups is 1. The highest BCUT2D eigenvalue weighted by Gasteiger charge is 2.31. The van der Waals surface area contributed by atoms with Gasteiger partial charge in [0.05, 0.1) is 6.61 Å². The Labute approximate surface area is 121 Å². The van der Waals surface area contributed by atoms with E-state index in [1.54, 1.807) is 0 Å². The number of benzene rings is 1. The molecule has 3 heteroatoms. The molecule has 1 aliphatic rings. The number of carbonyl (C=O) groups excluding carboxylic acids is 1. The van der Waals surface area contributed by atoms with Crippen LogP contribution in [0, 0.1) is 0 Å². The first kappa shape index (κ1) is 15.0. The van der Waals surface area contributed by atoms with E-state index in [1.807, 2.05) is 29.2 Å². The first-order valence-electron chi connectivity index (χ1n) is 7.46. The molecule has 1 fully saturated rings. The monoisotopic (exact) mass is 275 g/mol. The van der Waals surface area contributed by atoms with Crippen LogP contribution in [-0.2, 0) is 5.41 Å². The first-order chi connectivity index (χ1) is 9.45. The van der Waals surface area contributed by atoms with Gasteiger partial charge in [-0.05, 0) is 36.3 Å². The minimum Gasteiger partial charge on any atom is -0.395 e. The Hall–Kier alpha value is -1.35. The molecule has 0 spiro atoms. The summed E-state index contributed by atoms with van der Waals surface area (Å²) in [6.45, 7) is 6.83. The molecule has 1 aromatic carbocycles. The number of amides is 1. The van der Waals surface area contributed by atoms with E-state index in [0.717, 1.165) is 24.0 Å². The van der Waals surface area contributed by atoms with Crippen LogP contribution in [0.4, 0.5) is 0 Å². The van der Waals surface area contributed by atoms with Gasteiger partial charge in [-0.1, -0.05) is 39.0 Å². The SMILES string of the molecule is CC(C)(C)c1ccccc1C(=O)N(CCO)C1CCC1. The Kier molecular flexibility index (Phi) is 4.48. The molecule has 110 valence electrons. The molecule has 1 aliphatic carbocycles. The van der Waals surface area contributed by atoms with Crippen LogP contribution in [-0.4, -0.2) is 35.1 Å². The van der Waals surface area contributed by atoms with Gasteiger partial charge in [0.25, 0.3) is 5.91 Å². The normalized spacial score (nSPS) is 15.8. The quantitative estimate of drug-likeness (QED) is 0.917. The highest BCUT2D eigenvalue weighted by molar-refractivity contribution is 5.96. The maximum absolute atomic E-state index is 12.9. The molecule has 0 bridgehead atoms. The van der Waals surface area contributed by atoms with Gasteiger partial charge in [-0.2, -0.15) is 0 Å². The van der Waals surface area contributed by atoms with Crippen LogP contribution in [0.2, 0.25) is 0 Å². The maximum atomic E-state index is 12.9. The lowest BCUT2D eigenvalue weighted by atomic mass is 9.83. The van der Waals surface area contributed by atoms with Crippen molar-refractivity contribution in [2.45, 2.75) is 51.5 Å². The van der Waals surface area contributed by atoms with E-state index in [2.05, 4.69) is 20.8 Å². The molecule has 0 unspecified atom stereocenters. The molecule has 20 heavy (non-hydrogen) atoms. The number of carbonyl (C=O) groups is 1. The molecule has 1 saturated carbocycles. The van der Waals surface area contributed by atoms with Gasteiger partial charge in [0, 0.05) is 18.2 Å². The van der Waals surface area contributed by atoms with Gasteiger partial charge in [0.1, 0.15) is 0 Å². The summed E-state index contributed by atoms with van der Waals surface area (Å²) in [5.41, 5.74) is 1.80. The van der Waals surface area contributed by atoms with Crippen LogP contribution in [0.1, 0.15) is 56.0 Å². The van der Waals surface area contributed by atoms with Crippen molar-refractivity contribution in [3.8, 4) is 0 Å². The summed E-state index contributed by atoms with van der Waals surface area (Å²) in [7, 11) is 0. The van der Waals surface area contributed by atoms with Crippen LogP contribution < -0.4 is 0 Å². The number of nitrogens with zero attached hydrogens (tertiary/aromatic N) is 1. The maximum Gasteiger partial charge on any atom is 0.254 e. The van der Waals surface area contributed by atoms with Gasteiger partial charge < -0.3 is 10.0 Å². The third kappa shape index (κ3) is 3.04. The zero-order valence-electron chi connectivity index (χ0n) is 12.7. The fourth-order valence-corrected chi connectivity index (χ4v) is 2.73. The Morgan fingerprint density at radius 3 is 2.45 bits per heavy atom. The second-order valence-electron chi connectivity index (χ2n) is 6.60. The predicted octanol–water partition coefficient (Wildman–Crippen LogP) is 2.97. The van der Waals surface area contributed by atoms with Crippen LogP contribution in [0.15, 0.2) is 24.3 Å². The number of aliphatic hydroxyl groups excluding tert-OH is 1. The van der Waals surface area contributed by atoms with Crippen LogP contribution in [0.5, 0.6) is 0 Å². The number of hydrogen-bond acceptors (Lipinski definition) is 2. The lowest BCUT2D eigenvalue weighted by molar-refractivity contribution is 0.0523. The van der Waals surface area contributed by atoms with Crippen molar-refractivity contribution < 1.29 is 9.90 Å². The highest BCUT2D eigenvalue weighted by atomic mass is 16.3. The van der Waals surface area contributed by atoms with Gasteiger partial charge in [-0.15, -0.1) is 0 Å². The van der Waals surface area contributed by atoms with Gasteiger partial charge in [0.15, 0.2) is 0 Å². The summed E-state index contributed by atoms with van der Waals surface area (Å²) in [5, 5.41) is 9.24. The van der Waals surface area contributed by atoms with Crippen molar-refractivity contribution in [1.29, 1.82) is 0 Å². The largest absolute Gasteiger partial charge is 0.395 e. The molecule has 0 saturated heterocycles. The second-order valence-corrected chi connectivity index (χ2v) is 6.60. The molecule has 0 heterocycles. The Bertz CT molecular complexity index is 472. The predicted molar refractivity (Wildman–Crippen MR) is 80.9 cm³/mol. The van der Waals surface area contributed by atoms with Crippen LogP contribution >= 0.6 is 0 Å². The Morgan fingerprint density at radius 2 is 1.95 bits per heavy atom. The third-order valence-corrected chi connectivity index (χ3v) is 4.08. The fraction of sp³-hybridized carbons (Fsp3) is 0.588. The fourth-order valence-electron chi connectivity index (χ4n) is 2.73. The summed E-state index contributed by atoms with van der Waals surface area (Å²) < 4.78 is 0. The van der Waals surface area contributed by atoms with E-state index in [9.17, 15) is 9.90 Å². The van der Waals surface area contributed by atoms with E-state index in [-0.39, 0.29) is 17.9 Å². The Balaban J connectivity index is 2.31. The van der Waals surface area contributed by atoms with Crippen molar-refractivity contribution in [1.82, 2.24) is 4.90 Å². The minimum atomic E-state index is -0.0588.